The van der Waals surface area contributed by atoms with E-state index in [-0.39, 0.29) is 30.4 Å². The van der Waals surface area contributed by atoms with Gasteiger partial charge in [0.1, 0.15) is 5.56 Å². The number of halogens is 2. The molecule has 0 radical (unpaired) electrons. The molecule has 3 heterocycles. The van der Waals surface area contributed by atoms with Gasteiger partial charge in [-0.05, 0) is 35.7 Å². The van der Waals surface area contributed by atoms with E-state index in [1.54, 1.807) is 24.7 Å². The van der Waals surface area contributed by atoms with Crippen molar-refractivity contribution in [3.63, 3.8) is 0 Å². The van der Waals surface area contributed by atoms with Crippen LogP contribution in [0.2, 0.25) is 0 Å². The Morgan fingerprint density at radius 1 is 1.39 bits per heavy atom. The lowest BCUT2D eigenvalue weighted by Gasteiger charge is -2.20. The maximum Gasteiger partial charge on any atom is 0.341 e. The minimum absolute atomic E-state index is 0. The second-order valence-corrected chi connectivity index (χ2v) is 5.03. The lowest BCUT2D eigenvalue weighted by Crippen LogP contribution is -2.34. The molecule has 1 aliphatic heterocycles. The van der Waals surface area contributed by atoms with Gasteiger partial charge in [0.15, 0.2) is 0 Å². The summed E-state index contributed by atoms with van der Waals surface area (Å²) in [7, 11) is 0. The quantitative estimate of drug-likeness (QED) is 0.868. The molecule has 2 aromatic heterocycles. The van der Waals surface area contributed by atoms with E-state index in [1.807, 2.05) is 6.07 Å². The second kappa shape index (κ2) is 8.10. The van der Waals surface area contributed by atoms with Crippen molar-refractivity contribution in [2.75, 3.05) is 6.54 Å². The molecule has 124 valence electrons. The summed E-state index contributed by atoms with van der Waals surface area (Å²) >= 11 is 0. The van der Waals surface area contributed by atoms with Crippen LogP contribution >= 0.6 is 24.8 Å². The zero-order valence-electron chi connectivity index (χ0n) is 12.2. The molecule has 2 aromatic rings. The molecule has 8 heteroatoms. The topological polar surface area (TPSA) is 84.2 Å². The fourth-order valence-corrected chi connectivity index (χ4v) is 2.66. The van der Waals surface area contributed by atoms with Crippen LogP contribution in [0.1, 0.15) is 27.0 Å². The summed E-state index contributed by atoms with van der Waals surface area (Å²) in [5.74, 6) is -1.15. The molecular formula is C15H17Cl2N3O3. The first-order chi connectivity index (χ1) is 10.2. The fraction of sp³-hybridized carbons (Fsp3) is 0.267. The van der Waals surface area contributed by atoms with E-state index in [2.05, 4.69) is 10.3 Å². The van der Waals surface area contributed by atoms with Crippen molar-refractivity contribution in [1.29, 1.82) is 0 Å². The van der Waals surface area contributed by atoms with Gasteiger partial charge in [0.05, 0.1) is 6.54 Å². The predicted molar refractivity (Wildman–Crippen MR) is 90.9 cm³/mol. The average Bonchev–Trinajstić information content (AvgIpc) is 2.49. The van der Waals surface area contributed by atoms with Crippen LogP contribution in [-0.4, -0.2) is 27.2 Å². The summed E-state index contributed by atoms with van der Waals surface area (Å²) in [5.41, 5.74) is 1.85. The summed E-state index contributed by atoms with van der Waals surface area (Å²) in [6, 6.07) is 3.65. The van der Waals surface area contributed by atoms with E-state index in [1.165, 1.54) is 4.57 Å². The molecule has 0 aliphatic carbocycles. The number of aromatic carboxylic acids is 1. The molecule has 0 fully saturated rings. The van der Waals surface area contributed by atoms with Crippen LogP contribution in [-0.2, 0) is 19.5 Å². The summed E-state index contributed by atoms with van der Waals surface area (Å²) in [6.45, 7) is 1.60. The van der Waals surface area contributed by atoms with Crippen molar-refractivity contribution in [3.8, 4) is 0 Å². The first-order valence-electron chi connectivity index (χ1n) is 6.75. The lowest BCUT2D eigenvalue weighted by molar-refractivity contribution is 0.0692. The smallest absolute Gasteiger partial charge is 0.341 e. The maximum atomic E-state index is 12.4. The van der Waals surface area contributed by atoms with Crippen molar-refractivity contribution < 1.29 is 9.90 Å². The van der Waals surface area contributed by atoms with E-state index in [0.717, 1.165) is 11.1 Å². The third kappa shape index (κ3) is 3.90. The van der Waals surface area contributed by atoms with Crippen LogP contribution in [0, 0.1) is 0 Å². The first kappa shape index (κ1) is 19.2. The van der Waals surface area contributed by atoms with Crippen molar-refractivity contribution in [1.82, 2.24) is 14.9 Å². The Bertz CT molecular complexity index is 748. The molecule has 0 unspecified atom stereocenters. The van der Waals surface area contributed by atoms with Gasteiger partial charge in [0, 0.05) is 25.1 Å². The molecule has 0 aromatic carbocycles. The second-order valence-electron chi connectivity index (χ2n) is 5.03. The van der Waals surface area contributed by atoms with E-state index in [0.29, 0.717) is 31.6 Å². The summed E-state index contributed by atoms with van der Waals surface area (Å²) in [6.07, 6.45) is 5.65. The minimum Gasteiger partial charge on any atom is -0.477 e. The molecule has 0 atom stereocenters. The molecule has 6 nitrogen and oxygen atoms in total. The van der Waals surface area contributed by atoms with Crippen molar-refractivity contribution in [2.24, 2.45) is 0 Å². The molecule has 1 aliphatic rings. The molecule has 0 spiro atoms. The van der Waals surface area contributed by atoms with Crippen molar-refractivity contribution in [3.05, 3.63) is 63.3 Å². The summed E-state index contributed by atoms with van der Waals surface area (Å²) < 4.78 is 1.45. The Kier molecular flexibility index (Phi) is 6.75. The van der Waals surface area contributed by atoms with Gasteiger partial charge < -0.3 is 15.0 Å². The molecule has 3 rings (SSSR count). The van der Waals surface area contributed by atoms with Gasteiger partial charge in [-0.25, -0.2) is 4.79 Å². The third-order valence-corrected chi connectivity index (χ3v) is 3.63. The number of nitrogens with one attached hydrogen (secondary N) is 1. The molecular weight excluding hydrogens is 341 g/mol. The molecule has 23 heavy (non-hydrogen) atoms. The number of pyridine rings is 2. The number of nitrogens with zero attached hydrogens (tertiary/aromatic N) is 2. The fourth-order valence-electron chi connectivity index (χ4n) is 2.66. The Balaban J connectivity index is 0.00000132. The highest BCUT2D eigenvalue weighted by atomic mass is 35.5. The molecule has 0 amide bonds. The standard InChI is InChI=1S/C15H15N3O3.2ClH/c19-14-13(15(20)21)12-3-5-17-7-11(12)9-18(14)8-10-2-1-4-16-6-10;;/h1-2,4,6,9,17H,3,5,7-8H2,(H,20,21);2*1H. The van der Waals surface area contributed by atoms with Crippen molar-refractivity contribution in [2.45, 2.75) is 19.5 Å². The Morgan fingerprint density at radius 3 is 2.83 bits per heavy atom. The van der Waals surface area contributed by atoms with E-state index in [9.17, 15) is 14.7 Å². The highest BCUT2D eigenvalue weighted by Crippen LogP contribution is 2.16. The largest absolute Gasteiger partial charge is 0.477 e. The monoisotopic (exact) mass is 357 g/mol. The van der Waals surface area contributed by atoms with E-state index in [4.69, 9.17) is 0 Å². The van der Waals surface area contributed by atoms with Gasteiger partial charge in [-0.15, -0.1) is 24.8 Å². The number of fused-ring (bicyclic) bond motifs is 1. The van der Waals surface area contributed by atoms with Crippen LogP contribution in [0.3, 0.4) is 0 Å². The Morgan fingerprint density at radius 2 is 2.17 bits per heavy atom. The Labute approximate surface area is 145 Å². The number of aromatic nitrogens is 2. The summed E-state index contributed by atoms with van der Waals surface area (Å²) in [4.78, 5) is 27.9. The van der Waals surface area contributed by atoms with Gasteiger partial charge in [0.25, 0.3) is 5.56 Å². The number of carboxylic acid groups (broad SMARTS) is 1. The number of carboxylic acids is 1. The number of hydrogen-bond acceptors (Lipinski definition) is 4. The van der Waals surface area contributed by atoms with Gasteiger partial charge >= 0.3 is 5.97 Å². The van der Waals surface area contributed by atoms with Crippen LogP contribution in [0.15, 0.2) is 35.5 Å². The zero-order valence-corrected chi connectivity index (χ0v) is 13.8. The zero-order chi connectivity index (χ0) is 14.8. The Hall–Kier alpha value is -1.89. The number of carbonyl (C=O) groups is 1. The molecule has 0 saturated carbocycles. The van der Waals surface area contributed by atoms with Crippen LogP contribution < -0.4 is 10.9 Å². The van der Waals surface area contributed by atoms with E-state index >= 15 is 0 Å². The molecule has 0 bridgehead atoms. The number of rotatable bonds is 3. The molecule has 0 saturated heterocycles. The van der Waals surface area contributed by atoms with Gasteiger partial charge in [-0.2, -0.15) is 0 Å². The molecule has 2 N–H and O–H groups in total. The minimum atomic E-state index is -1.15. The average molecular weight is 358 g/mol. The van der Waals surface area contributed by atoms with Crippen molar-refractivity contribution >= 4 is 30.8 Å². The number of hydrogen-bond donors (Lipinski definition) is 2. The maximum absolute atomic E-state index is 12.4. The SMILES string of the molecule is Cl.Cl.O=C(O)c1c2c(cn(Cc3cccnc3)c1=O)CNCC2. The van der Waals surface area contributed by atoms with Crippen LogP contribution in [0.5, 0.6) is 0 Å². The van der Waals surface area contributed by atoms with E-state index < -0.39 is 11.5 Å². The predicted octanol–water partition coefficient (Wildman–Crippen LogP) is 1.48. The van der Waals surface area contributed by atoms with Gasteiger partial charge in [0.2, 0.25) is 0 Å². The summed E-state index contributed by atoms with van der Waals surface area (Å²) in [5, 5.41) is 12.6. The third-order valence-electron chi connectivity index (χ3n) is 3.63. The van der Waals surface area contributed by atoms with Gasteiger partial charge in [-0.3, -0.25) is 9.78 Å². The highest BCUT2D eigenvalue weighted by Gasteiger charge is 2.22. The van der Waals surface area contributed by atoms with Gasteiger partial charge in [-0.1, -0.05) is 6.07 Å². The van der Waals surface area contributed by atoms with Crippen LogP contribution in [0.4, 0.5) is 0 Å². The highest BCUT2D eigenvalue weighted by molar-refractivity contribution is 5.89. The lowest BCUT2D eigenvalue weighted by atomic mass is 9.97. The first-order valence-corrected chi connectivity index (χ1v) is 6.75. The van der Waals surface area contributed by atoms with Crippen LogP contribution in [0.25, 0.3) is 0 Å². The normalized spacial score (nSPS) is 12.5.